The van der Waals surface area contributed by atoms with E-state index in [9.17, 15) is 8.42 Å². The van der Waals surface area contributed by atoms with Gasteiger partial charge in [0.2, 0.25) is 0 Å². The third-order valence-electron chi connectivity index (χ3n) is 2.59. The Hall–Kier alpha value is -0.690. The van der Waals surface area contributed by atoms with Gasteiger partial charge in [-0.25, -0.2) is 8.42 Å². The number of sulfone groups is 1. The van der Waals surface area contributed by atoms with Crippen LogP contribution in [0.25, 0.3) is 0 Å². The molecule has 96 valence electrons. The van der Waals surface area contributed by atoms with Gasteiger partial charge in [0.15, 0.2) is 9.84 Å². The number of halogens is 1. The van der Waals surface area contributed by atoms with Gasteiger partial charge in [0.05, 0.1) is 10.9 Å². The molecule has 18 heavy (non-hydrogen) atoms. The second-order valence-electron chi connectivity index (χ2n) is 3.95. The maximum Gasteiger partial charge on any atom is 0.175 e. The van der Waals surface area contributed by atoms with E-state index in [-0.39, 0.29) is 6.04 Å². The van der Waals surface area contributed by atoms with Crippen molar-refractivity contribution in [3.8, 4) is 0 Å². The van der Waals surface area contributed by atoms with Gasteiger partial charge < -0.3 is 5.73 Å². The van der Waals surface area contributed by atoms with Crippen molar-refractivity contribution < 1.29 is 8.42 Å². The van der Waals surface area contributed by atoms with Gasteiger partial charge in [-0.3, -0.25) is 0 Å². The minimum Gasteiger partial charge on any atom is -0.320 e. The van der Waals surface area contributed by atoms with Crippen LogP contribution in [-0.4, -0.2) is 14.7 Å². The summed E-state index contributed by atoms with van der Waals surface area (Å²) in [5.74, 6) is 0. The van der Waals surface area contributed by atoms with Gasteiger partial charge in [0.1, 0.15) is 0 Å². The van der Waals surface area contributed by atoms with E-state index in [1.807, 2.05) is 11.4 Å². The number of nitrogens with two attached hydrogens (primary N) is 1. The van der Waals surface area contributed by atoms with Gasteiger partial charge in [-0.15, -0.1) is 11.3 Å². The molecule has 1 unspecified atom stereocenters. The van der Waals surface area contributed by atoms with E-state index in [4.69, 9.17) is 5.73 Å². The topological polar surface area (TPSA) is 60.2 Å². The van der Waals surface area contributed by atoms with Crippen molar-refractivity contribution in [1.29, 1.82) is 0 Å². The number of rotatable bonds is 3. The molecule has 0 spiro atoms. The second kappa shape index (κ2) is 5.13. The molecule has 0 bridgehead atoms. The van der Waals surface area contributed by atoms with Gasteiger partial charge in [-0.05, 0) is 45.1 Å². The predicted molar refractivity (Wildman–Crippen MR) is 77.6 cm³/mol. The number of hydrogen-bond donors (Lipinski definition) is 1. The summed E-state index contributed by atoms with van der Waals surface area (Å²) >= 11 is 5.02. The molecule has 0 fully saturated rings. The smallest absolute Gasteiger partial charge is 0.175 e. The van der Waals surface area contributed by atoms with Crippen molar-refractivity contribution in [1.82, 2.24) is 0 Å². The first-order valence-corrected chi connectivity index (χ1v) is 8.74. The van der Waals surface area contributed by atoms with Crippen molar-refractivity contribution >= 4 is 37.1 Å². The Morgan fingerprint density at radius 2 is 1.83 bits per heavy atom. The largest absolute Gasteiger partial charge is 0.320 e. The van der Waals surface area contributed by atoms with Crippen LogP contribution in [-0.2, 0) is 9.84 Å². The molecular weight excluding hydrogens is 334 g/mol. The fraction of sp³-hybridized carbons (Fsp3) is 0.167. The van der Waals surface area contributed by atoms with Crippen LogP contribution in [0.4, 0.5) is 0 Å². The summed E-state index contributed by atoms with van der Waals surface area (Å²) in [6.07, 6.45) is 1.19. The summed E-state index contributed by atoms with van der Waals surface area (Å²) in [5.41, 5.74) is 7.05. The number of benzene rings is 1. The monoisotopic (exact) mass is 345 g/mol. The van der Waals surface area contributed by atoms with Gasteiger partial charge >= 0.3 is 0 Å². The minimum atomic E-state index is -3.15. The molecule has 0 aliphatic heterocycles. The first-order chi connectivity index (χ1) is 8.39. The Balaban J connectivity index is 2.33. The number of thiophene rings is 1. The SMILES string of the molecule is CS(=O)(=O)c1ccc(C(N)c2sccc2Br)cc1. The summed E-state index contributed by atoms with van der Waals surface area (Å²) < 4.78 is 23.7. The highest BCUT2D eigenvalue weighted by atomic mass is 79.9. The molecular formula is C12H12BrNO2S2. The lowest BCUT2D eigenvalue weighted by Gasteiger charge is -2.11. The van der Waals surface area contributed by atoms with E-state index >= 15 is 0 Å². The maximum atomic E-state index is 11.4. The van der Waals surface area contributed by atoms with Crippen LogP contribution in [0.15, 0.2) is 45.1 Å². The van der Waals surface area contributed by atoms with Crippen LogP contribution in [0.3, 0.4) is 0 Å². The molecule has 1 aromatic heterocycles. The molecule has 2 aromatic rings. The molecule has 1 heterocycles. The van der Waals surface area contributed by atoms with Crippen LogP contribution in [0.5, 0.6) is 0 Å². The third kappa shape index (κ3) is 2.83. The van der Waals surface area contributed by atoms with Crippen molar-refractivity contribution in [3.63, 3.8) is 0 Å². The summed E-state index contributed by atoms with van der Waals surface area (Å²) in [4.78, 5) is 1.34. The van der Waals surface area contributed by atoms with E-state index in [1.54, 1.807) is 35.6 Å². The summed E-state index contributed by atoms with van der Waals surface area (Å²) in [7, 11) is -3.15. The molecule has 1 atom stereocenters. The Morgan fingerprint density at radius 1 is 1.22 bits per heavy atom. The molecule has 0 radical (unpaired) electrons. The molecule has 0 aliphatic rings. The Kier molecular flexibility index (Phi) is 3.91. The lowest BCUT2D eigenvalue weighted by molar-refractivity contribution is 0.602. The zero-order chi connectivity index (χ0) is 13.3. The van der Waals surface area contributed by atoms with Crippen molar-refractivity contribution in [2.24, 2.45) is 5.73 Å². The zero-order valence-electron chi connectivity index (χ0n) is 9.63. The van der Waals surface area contributed by atoms with Crippen LogP contribution in [0.1, 0.15) is 16.5 Å². The molecule has 0 amide bonds. The normalized spacial score (nSPS) is 13.5. The average molecular weight is 346 g/mol. The molecule has 0 aliphatic carbocycles. The van der Waals surface area contributed by atoms with Crippen LogP contribution in [0, 0.1) is 0 Å². The Bertz CT molecular complexity index is 647. The van der Waals surface area contributed by atoms with Gasteiger partial charge in [0.25, 0.3) is 0 Å². The van der Waals surface area contributed by atoms with Crippen LogP contribution >= 0.6 is 27.3 Å². The first-order valence-electron chi connectivity index (χ1n) is 5.18. The molecule has 2 rings (SSSR count). The van der Waals surface area contributed by atoms with Crippen LogP contribution < -0.4 is 5.73 Å². The molecule has 2 N–H and O–H groups in total. The van der Waals surface area contributed by atoms with Crippen LogP contribution in [0.2, 0.25) is 0 Å². The van der Waals surface area contributed by atoms with Gasteiger partial charge in [0, 0.05) is 15.6 Å². The summed E-state index contributed by atoms with van der Waals surface area (Å²) in [5, 5.41) is 1.96. The molecule has 3 nitrogen and oxygen atoms in total. The minimum absolute atomic E-state index is 0.243. The standard InChI is InChI=1S/C12H12BrNO2S2/c1-18(15,16)9-4-2-8(3-5-9)11(14)12-10(13)6-7-17-12/h2-7,11H,14H2,1H3. The lowest BCUT2D eigenvalue weighted by atomic mass is 10.1. The first kappa shape index (κ1) is 13.7. The van der Waals surface area contributed by atoms with E-state index in [0.717, 1.165) is 14.9 Å². The maximum absolute atomic E-state index is 11.4. The van der Waals surface area contributed by atoms with Gasteiger partial charge in [-0.2, -0.15) is 0 Å². The third-order valence-corrected chi connectivity index (χ3v) is 5.68. The van der Waals surface area contributed by atoms with Crippen molar-refractivity contribution in [2.75, 3.05) is 6.26 Å². The lowest BCUT2D eigenvalue weighted by Crippen LogP contribution is -2.11. The highest BCUT2D eigenvalue weighted by molar-refractivity contribution is 9.10. The molecule has 0 saturated carbocycles. The quantitative estimate of drug-likeness (QED) is 0.930. The van der Waals surface area contributed by atoms with E-state index < -0.39 is 9.84 Å². The predicted octanol–water partition coefficient (Wildman–Crippen LogP) is 2.96. The van der Waals surface area contributed by atoms with Gasteiger partial charge in [-0.1, -0.05) is 12.1 Å². The summed E-state index contributed by atoms with van der Waals surface area (Å²) in [6.45, 7) is 0. The molecule has 6 heteroatoms. The second-order valence-corrected chi connectivity index (χ2v) is 7.77. The zero-order valence-corrected chi connectivity index (χ0v) is 12.8. The van der Waals surface area contributed by atoms with Crippen molar-refractivity contribution in [3.05, 3.63) is 50.6 Å². The van der Waals surface area contributed by atoms with E-state index in [1.165, 1.54) is 6.26 Å². The summed E-state index contributed by atoms with van der Waals surface area (Å²) in [6, 6.07) is 8.40. The van der Waals surface area contributed by atoms with E-state index in [0.29, 0.717) is 4.90 Å². The average Bonchev–Trinajstić information content (AvgIpc) is 2.73. The highest BCUT2D eigenvalue weighted by Gasteiger charge is 2.14. The number of hydrogen-bond acceptors (Lipinski definition) is 4. The molecule has 1 aromatic carbocycles. The fourth-order valence-corrected chi connectivity index (χ4v) is 3.88. The highest BCUT2D eigenvalue weighted by Crippen LogP contribution is 2.31. The van der Waals surface area contributed by atoms with Crippen molar-refractivity contribution in [2.45, 2.75) is 10.9 Å². The Labute approximate surface area is 119 Å². The fourth-order valence-electron chi connectivity index (χ4n) is 1.60. The van der Waals surface area contributed by atoms with E-state index in [2.05, 4.69) is 15.9 Å². The molecule has 0 saturated heterocycles. The Morgan fingerprint density at radius 3 is 2.28 bits per heavy atom.